The monoisotopic (exact) mass is 322 g/mol. The van der Waals surface area contributed by atoms with E-state index in [1.54, 1.807) is 0 Å². The Labute approximate surface area is 115 Å². The maximum absolute atomic E-state index is 5.91. The minimum absolute atomic E-state index is 0.0479. The molecular formula is C12H19BrO5. The van der Waals surface area contributed by atoms with Gasteiger partial charge in [0.15, 0.2) is 17.9 Å². The van der Waals surface area contributed by atoms with Crippen molar-refractivity contribution in [2.45, 2.75) is 68.7 Å². The fraction of sp³-hybridized carbons (Fsp3) is 1.00. The van der Waals surface area contributed by atoms with Gasteiger partial charge < -0.3 is 23.7 Å². The molecule has 3 saturated heterocycles. The molecule has 3 aliphatic heterocycles. The van der Waals surface area contributed by atoms with E-state index in [0.717, 1.165) is 0 Å². The number of alkyl halides is 1. The zero-order valence-electron chi connectivity index (χ0n) is 11.0. The maximum Gasteiger partial charge on any atom is 0.188 e. The van der Waals surface area contributed by atoms with Gasteiger partial charge in [0, 0.05) is 0 Å². The lowest BCUT2D eigenvalue weighted by Gasteiger charge is -2.26. The number of rotatable bonds is 1. The minimum atomic E-state index is -0.585. The van der Waals surface area contributed by atoms with Crippen LogP contribution in [0.1, 0.15) is 27.7 Å². The molecule has 1 unspecified atom stereocenters. The molecule has 5 nitrogen and oxygen atoms in total. The van der Waals surface area contributed by atoms with E-state index in [1.807, 2.05) is 27.7 Å². The van der Waals surface area contributed by atoms with Gasteiger partial charge in [-0.15, -0.1) is 0 Å². The molecule has 3 aliphatic rings. The van der Waals surface area contributed by atoms with Crippen molar-refractivity contribution in [3.05, 3.63) is 0 Å². The second-order valence-electron chi connectivity index (χ2n) is 5.88. The lowest BCUT2D eigenvalue weighted by Crippen LogP contribution is -2.39. The predicted octanol–water partition coefficient (Wildman–Crippen LogP) is 1.78. The number of halogens is 1. The largest absolute Gasteiger partial charge is 0.348 e. The summed E-state index contributed by atoms with van der Waals surface area (Å²) in [4.78, 5) is 0.0479. The van der Waals surface area contributed by atoms with E-state index < -0.39 is 11.6 Å². The zero-order valence-corrected chi connectivity index (χ0v) is 12.6. The summed E-state index contributed by atoms with van der Waals surface area (Å²) in [5.74, 6) is -1.13. The second kappa shape index (κ2) is 4.14. The topological polar surface area (TPSA) is 46.2 Å². The first-order valence-corrected chi connectivity index (χ1v) is 7.16. The number of ether oxygens (including phenoxy) is 5. The Morgan fingerprint density at radius 1 is 0.944 bits per heavy atom. The summed E-state index contributed by atoms with van der Waals surface area (Å²) >= 11 is 3.65. The van der Waals surface area contributed by atoms with Gasteiger partial charge >= 0.3 is 0 Å². The molecule has 0 aromatic carbocycles. The molecule has 0 aromatic heterocycles. The van der Waals surface area contributed by atoms with Crippen molar-refractivity contribution >= 4 is 15.9 Å². The van der Waals surface area contributed by atoms with Gasteiger partial charge in [0.1, 0.15) is 18.3 Å². The van der Waals surface area contributed by atoms with Gasteiger partial charge in [-0.2, -0.15) is 0 Å². The quantitative estimate of drug-likeness (QED) is 0.689. The van der Waals surface area contributed by atoms with E-state index in [9.17, 15) is 0 Å². The van der Waals surface area contributed by atoms with E-state index in [2.05, 4.69) is 15.9 Å². The van der Waals surface area contributed by atoms with Crippen molar-refractivity contribution in [2.24, 2.45) is 0 Å². The lowest BCUT2D eigenvalue weighted by molar-refractivity contribution is -0.219. The molecule has 0 aliphatic carbocycles. The molecule has 0 amide bonds. The first-order chi connectivity index (χ1) is 8.27. The van der Waals surface area contributed by atoms with Crippen LogP contribution < -0.4 is 0 Å². The second-order valence-corrected chi connectivity index (χ2v) is 6.94. The third-order valence-corrected chi connectivity index (χ3v) is 4.45. The molecule has 5 atom stereocenters. The van der Waals surface area contributed by atoms with Crippen molar-refractivity contribution < 1.29 is 23.7 Å². The average molecular weight is 323 g/mol. The summed E-state index contributed by atoms with van der Waals surface area (Å²) in [7, 11) is 0. The molecule has 0 aromatic rings. The van der Waals surface area contributed by atoms with Gasteiger partial charge in [-0.05, 0) is 27.7 Å². The molecule has 0 bridgehead atoms. The molecule has 0 radical (unpaired) electrons. The van der Waals surface area contributed by atoms with Crippen LogP contribution in [-0.2, 0) is 23.7 Å². The molecule has 6 heteroatoms. The fourth-order valence-electron chi connectivity index (χ4n) is 2.67. The Kier molecular flexibility index (Phi) is 3.05. The van der Waals surface area contributed by atoms with Crippen LogP contribution in [0.5, 0.6) is 0 Å². The van der Waals surface area contributed by atoms with E-state index in [4.69, 9.17) is 23.7 Å². The van der Waals surface area contributed by atoms with Crippen molar-refractivity contribution in [2.75, 3.05) is 6.61 Å². The normalized spacial score (nSPS) is 49.5. The molecule has 3 fully saturated rings. The first kappa shape index (κ1) is 13.3. The van der Waals surface area contributed by atoms with Crippen molar-refractivity contribution in [3.63, 3.8) is 0 Å². The Morgan fingerprint density at radius 3 is 2.22 bits per heavy atom. The van der Waals surface area contributed by atoms with E-state index in [-0.39, 0.29) is 29.4 Å². The summed E-state index contributed by atoms with van der Waals surface area (Å²) < 4.78 is 28.9. The van der Waals surface area contributed by atoms with Crippen LogP contribution in [-0.4, -0.2) is 47.6 Å². The Morgan fingerprint density at radius 2 is 1.67 bits per heavy atom. The van der Waals surface area contributed by atoms with Crippen LogP contribution in [0.4, 0.5) is 0 Å². The summed E-state index contributed by atoms with van der Waals surface area (Å²) in [5.41, 5.74) is 0. The van der Waals surface area contributed by atoms with Gasteiger partial charge in [0.05, 0.1) is 11.4 Å². The summed E-state index contributed by atoms with van der Waals surface area (Å²) in [6.07, 6.45) is -0.637. The minimum Gasteiger partial charge on any atom is -0.348 e. The van der Waals surface area contributed by atoms with Gasteiger partial charge in [-0.25, -0.2) is 0 Å². The molecule has 0 saturated carbocycles. The molecular weight excluding hydrogens is 304 g/mol. The highest BCUT2D eigenvalue weighted by molar-refractivity contribution is 9.09. The Hall–Kier alpha value is 0.280. The maximum atomic E-state index is 5.91. The average Bonchev–Trinajstić information content (AvgIpc) is 2.81. The van der Waals surface area contributed by atoms with Crippen molar-refractivity contribution in [3.8, 4) is 0 Å². The zero-order chi connectivity index (χ0) is 13.1. The highest BCUT2D eigenvalue weighted by Gasteiger charge is 2.57. The predicted molar refractivity (Wildman–Crippen MR) is 66.3 cm³/mol. The van der Waals surface area contributed by atoms with E-state index in [0.29, 0.717) is 6.61 Å². The molecule has 104 valence electrons. The van der Waals surface area contributed by atoms with Crippen LogP contribution in [0.3, 0.4) is 0 Å². The van der Waals surface area contributed by atoms with E-state index >= 15 is 0 Å². The Balaban J connectivity index is 1.68. The van der Waals surface area contributed by atoms with Crippen LogP contribution in [0.2, 0.25) is 0 Å². The van der Waals surface area contributed by atoms with Crippen molar-refractivity contribution in [1.82, 2.24) is 0 Å². The van der Waals surface area contributed by atoms with Gasteiger partial charge in [0.2, 0.25) is 0 Å². The van der Waals surface area contributed by atoms with Crippen LogP contribution in [0, 0.1) is 0 Å². The first-order valence-electron chi connectivity index (χ1n) is 6.24. The standard InChI is InChI=1S/C12H19BrO5/c1-11(2)14-5-6(16-11)8-7(13)9-10(15-8)18-12(3,4)17-9/h6-10H,5H2,1-4H3/t6-,7?,8-,9-,10-/m1/s1. The number of hydrogen-bond acceptors (Lipinski definition) is 5. The molecule has 0 N–H and O–H groups in total. The fourth-order valence-corrected chi connectivity index (χ4v) is 3.49. The van der Waals surface area contributed by atoms with E-state index in [1.165, 1.54) is 0 Å². The lowest BCUT2D eigenvalue weighted by atomic mass is 10.1. The smallest absolute Gasteiger partial charge is 0.188 e. The molecule has 3 heterocycles. The number of fused-ring (bicyclic) bond motifs is 1. The summed E-state index contributed by atoms with van der Waals surface area (Å²) in [6, 6.07) is 0. The van der Waals surface area contributed by atoms with Gasteiger partial charge in [0.25, 0.3) is 0 Å². The van der Waals surface area contributed by atoms with Crippen molar-refractivity contribution in [1.29, 1.82) is 0 Å². The van der Waals surface area contributed by atoms with Crippen LogP contribution >= 0.6 is 15.9 Å². The molecule has 18 heavy (non-hydrogen) atoms. The Bertz CT molecular complexity index is 345. The molecule has 0 spiro atoms. The number of hydrogen-bond donors (Lipinski definition) is 0. The summed E-state index contributed by atoms with van der Waals surface area (Å²) in [5, 5.41) is 0. The van der Waals surface area contributed by atoms with Crippen LogP contribution in [0.25, 0.3) is 0 Å². The van der Waals surface area contributed by atoms with Crippen LogP contribution in [0.15, 0.2) is 0 Å². The third kappa shape index (κ3) is 2.23. The SMILES string of the molecule is CC1(C)O[C@H]2O[C@H]([C@H]3COC(C)(C)O3)C(Br)[C@H]2O1. The molecule has 3 rings (SSSR count). The highest BCUT2D eigenvalue weighted by Crippen LogP contribution is 2.43. The van der Waals surface area contributed by atoms with Gasteiger partial charge in [-0.1, -0.05) is 15.9 Å². The highest BCUT2D eigenvalue weighted by atomic mass is 79.9. The third-order valence-electron chi connectivity index (χ3n) is 3.40. The summed E-state index contributed by atoms with van der Waals surface area (Å²) in [6.45, 7) is 8.12. The van der Waals surface area contributed by atoms with Gasteiger partial charge in [-0.3, -0.25) is 0 Å².